The van der Waals surface area contributed by atoms with Crippen molar-refractivity contribution in [1.29, 1.82) is 0 Å². The number of aryl methyl sites for hydroxylation is 4. The van der Waals surface area contributed by atoms with Gasteiger partial charge in [0.15, 0.2) is 0 Å². The Labute approximate surface area is 594 Å². The third-order valence-electron chi connectivity index (χ3n) is 20.6. The maximum Gasteiger partial charge on any atom is 0.0619 e. The van der Waals surface area contributed by atoms with Gasteiger partial charge >= 0.3 is 0 Å². The molecule has 0 heterocycles. The summed E-state index contributed by atoms with van der Waals surface area (Å²) in [5.74, 6) is 0. The molecule has 0 unspecified atom stereocenters. The lowest BCUT2D eigenvalue weighted by molar-refractivity contribution is 0.480. The van der Waals surface area contributed by atoms with E-state index in [0.29, 0.717) is 0 Å². The van der Waals surface area contributed by atoms with Crippen LogP contribution in [0.4, 0.5) is 68.2 Å². The maximum absolute atomic E-state index is 2.52. The molecule has 4 heteroatoms. The largest absolute Gasteiger partial charge is 0.309 e. The zero-order valence-corrected chi connectivity index (χ0v) is 60.9. The molecule has 0 atom stereocenters. The summed E-state index contributed by atoms with van der Waals surface area (Å²) in [6.45, 7) is 32.0. The molecule has 0 aliphatic heterocycles. The Hall–Kier alpha value is -10.7. The molecule has 498 valence electrons. The number of hydrogen-bond donors (Lipinski definition) is 0. The third-order valence-corrected chi connectivity index (χ3v) is 20.6. The highest BCUT2D eigenvalue weighted by molar-refractivity contribution is 6.25. The van der Waals surface area contributed by atoms with Gasteiger partial charge in [0.05, 0.1) is 22.7 Å². The first-order valence-corrected chi connectivity index (χ1v) is 35.8. The fraction of sp³-hybridized carbons (Fsp3) is 0.208. The number of hydrogen-bond acceptors (Lipinski definition) is 4. The Bertz CT molecular complexity index is 5020. The molecule has 0 amide bonds. The molecule has 0 fully saturated rings. The lowest BCUT2D eigenvalue weighted by atomic mass is 9.79. The molecule has 0 bridgehead atoms. The van der Waals surface area contributed by atoms with Crippen LogP contribution in [0, 0.1) is 20.8 Å². The maximum atomic E-state index is 2.52. The number of anilines is 12. The molecule has 0 radical (unpaired) electrons. The van der Waals surface area contributed by atoms with Crippen molar-refractivity contribution in [3.63, 3.8) is 0 Å². The van der Waals surface area contributed by atoms with Gasteiger partial charge in [-0.1, -0.05) is 287 Å². The van der Waals surface area contributed by atoms with Crippen molar-refractivity contribution in [3.8, 4) is 0 Å². The van der Waals surface area contributed by atoms with Crippen LogP contribution in [0.2, 0.25) is 0 Å². The highest BCUT2D eigenvalue weighted by atomic mass is 15.2. The second kappa shape index (κ2) is 26.5. The van der Waals surface area contributed by atoms with Crippen molar-refractivity contribution >= 4 is 111 Å². The molecule has 0 spiro atoms. The first-order valence-electron chi connectivity index (χ1n) is 35.8. The summed E-state index contributed by atoms with van der Waals surface area (Å²) in [7, 11) is 0. The highest BCUT2D eigenvalue weighted by Gasteiger charge is 2.30. The van der Waals surface area contributed by atoms with E-state index >= 15 is 0 Å². The van der Waals surface area contributed by atoms with Gasteiger partial charge in [-0.3, -0.25) is 0 Å². The Morgan fingerprint density at radius 2 is 0.390 bits per heavy atom. The van der Waals surface area contributed by atoms with E-state index in [4.69, 9.17) is 0 Å². The van der Waals surface area contributed by atoms with Crippen molar-refractivity contribution in [2.24, 2.45) is 0 Å². The van der Waals surface area contributed by atoms with Gasteiger partial charge in [0.25, 0.3) is 0 Å². The Balaban J connectivity index is 0.825. The van der Waals surface area contributed by atoms with Crippen molar-refractivity contribution in [2.75, 3.05) is 19.6 Å². The highest BCUT2D eigenvalue weighted by Crippen LogP contribution is 2.54. The number of fused-ring (bicyclic) bond motifs is 4. The van der Waals surface area contributed by atoms with Crippen LogP contribution in [0.15, 0.2) is 291 Å². The molecular weight excluding hydrogens is 1210 g/mol. The van der Waals surface area contributed by atoms with Gasteiger partial charge in [0, 0.05) is 88.6 Å². The quantitative estimate of drug-likeness (QED) is 0.0706. The van der Waals surface area contributed by atoms with Crippen LogP contribution in [0.5, 0.6) is 0 Å². The Morgan fingerprint density at radius 1 is 0.210 bits per heavy atom. The fourth-order valence-electron chi connectivity index (χ4n) is 14.6. The van der Waals surface area contributed by atoms with E-state index in [9.17, 15) is 0 Å². The molecule has 0 saturated heterocycles. The van der Waals surface area contributed by atoms with Gasteiger partial charge in [-0.15, -0.1) is 0 Å². The van der Waals surface area contributed by atoms with Gasteiger partial charge < -0.3 is 19.6 Å². The fourth-order valence-corrected chi connectivity index (χ4v) is 14.6. The minimum atomic E-state index is -0.143. The molecule has 0 aliphatic rings. The molecular formula is C96H94N4. The molecule has 0 saturated carbocycles. The number of rotatable bonds is 16. The SMILES string of the molecule is Cc1ccc(N(c2ccc(C)cc2)c2c3ccccc3c(N(c3ccc(C)cc3)c3ccc(CCC(C)(C)c4ccc(N(c5ccc(C(C)(C)C)cc5)c5c6ccccc6c(N(c6ccc(C(C)(C)C)cc6)c6ccc(C(C)(C)C)cc6)c6ccccc56)cc4)cc3)c3ccccc23)cc1. The molecule has 100 heavy (non-hydrogen) atoms. The summed E-state index contributed by atoms with van der Waals surface area (Å²) < 4.78 is 0. The van der Waals surface area contributed by atoms with Crippen LogP contribution in [0.25, 0.3) is 43.1 Å². The minimum absolute atomic E-state index is 0.00663. The number of nitrogens with zero attached hydrogens (tertiary/aromatic N) is 4. The normalized spacial score (nSPS) is 12.2. The van der Waals surface area contributed by atoms with Crippen molar-refractivity contribution in [1.82, 2.24) is 0 Å². The van der Waals surface area contributed by atoms with Gasteiger partial charge in [-0.25, -0.2) is 0 Å². The summed E-state index contributed by atoms with van der Waals surface area (Å²) in [4.78, 5) is 9.96. The predicted octanol–water partition coefficient (Wildman–Crippen LogP) is 27.9. The smallest absolute Gasteiger partial charge is 0.0619 e. The van der Waals surface area contributed by atoms with Gasteiger partial charge in [-0.05, 0) is 180 Å². The summed E-state index contributed by atoms with van der Waals surface area (Å²) >= 11 is 0. The van der Waals surface area contributed by atoms with Crippen LogP contribution >= 0.6 is 0 Å². The molecule has 0 N–H and O–H groups in total. The molecule has 14 aromatic carbocycles. The number of benzene rings is 14. The van der Waals surface area contributed by atoms with E-state index < -0.39 is 0 Å². The van der Waals surface area contributed by atoms with Crippen LogP contribution in [0.3, 0.4) is 0 Å². The predicted molar refractivity (Wildman–Crippen MR) is 433 cm³/mol. The van der Waals surface area contributed by atoms with Gasteiger partial charge in [0.1, 0.15) is 0 Å². The average Bonchev–Trinajstić information content (AvgIpc) is 0.729. The zero-order chi connectivity index (χ0) is 69.8. The minimum Gasteiger partial charge on any atom is -0.309 e. The molecule has 14 aromatic rings. The topological polar surface area (TPSA) is 13.0 Å². The first-order chi connectivity index (χ1) is 48.0. The summed E-state index contributed by atoms with van der Waals surface area (Å²) in [5.41, 5.74) is 23.7. The Kier molecular flexibility index (Phi) is 17.7. The van der Waals surface area contributed by atoms with Crippen molar-refractivity contribution in [2.45, 2.75) is 131 Å². The first kappa shape index (κ1) is 66.5. The summed E-state index contributed by atoms with van der Waals surface area (Å²) in [6.07, 6.45) is 1.88. The van der Waals surface area contributed by atoms with E-state index in [1.807, 2.05) is 0 Å². The summed E-state index contributed by atoms with van der Waals surface area (Å²) in [5, 5.41) is 9.42. The van der Waals surface area contributed by atoms with E-state index in [2.05, 4.69) is 408 Å². The average molecular weight is 1300 g/mol. The van der Waals surface area contributed by atoms with Gasteiger partial charge in [-0.2, -0.15) is 0 Å². The molecule has 14 rings (SSSR count). The van der Waals surface area contributed by atoms with Crippen LogP contribution < -0.4 is 19.6 Å². The van der Waals surface area contributed by atoms with E-state index in [-0.39, 0.29) is 21.7 Å². The second-order valence-corrected chi connectivity index (χ2v) is 31.4. The standard InChI is InChI=1S/C96H94N4/c1-65-31-47-73(48-32-65)97(74-49-33-66(2)34-50-74)89-81-23-15-17-25-83(81)90(84-26-18-16-24-82(84)89)98(75-51-35-67(3)36-52-75)76-53-37-68(38-54-76)63-64-96(13,14)72-45-61-80(62-46-72)100(79-59-43-71(44-60-79)95(10,11)12)92-87-29-21-19-27-85(87)91(86-28-20-22-30-88(86)92)99(77-55-39-69(40-56-77)93(4,5)6)78-57-41-70(42-58-78)94(7,8)9/h15-62H,63-64H2,1-14H3. The van der Waals surface area contributed by atoms with E-state index in [1.165, 1.54) is 87.6 Å². The zero-order valence-electron chi connectivity index (χ0n) is 60.9. The Morgan fingerprint density at radius 3 is 0.590 bits per heavy atom. The van der Waals surface area contributed by atoms with Crippen LogP contribution in [-0.4, -0.2) is 0 Å². The van der Waals surface area contributed by atoms with E-state index in [0.717, 1.165) is 81.1 Å². The molecule has 4 nitrogen and oxygen atoms in total. The lowest BCUT2D eigenvalue weighted by Gasteiger charge is -2.34. The van der Waals surface area contributed by atoms with Gasteiger partial charge in [0.2, 0.25) is 0 Å². The second-order valence-electron chi connectivity index (χ2n) is 31.4. The monoisotopic (exact) mass is 1300 g/mol. The molecule has 0 aliphatic carbocycles. The summed E-state index contributed by atoms with van der Waals surface area (Å²) in [6, 6.07) is 110. The van der Waals surface area contributed by atoms with Crippen LogP contribution in [0.1, 0.15) is 127 Å². The lowest BCUT2D eigenvalue weighted by Crippen LogP contribution is -2.19. The van der Waals surface area contributed by atoms with Crippen molar-refractivity contribution in [3.05, 3.63) is 336 Å². The third kappa shape index (κ3) is 13.0. The molecule has 0 aromatic heterocycles. The van der Waals surface area contributed by atoms with Crippen molar-refractivity contribution < 1.29 is 0 Å². The van der Waals surface area contributed by atoms with E-state index in [1.54, 1.807) is 0 Å². The van der Waals surface area contributed by atoms with Crippen LogP contribution in [-0.2, 0) is 28.1 Å².